The molecule has 48 heavy (non-hydrogen) atoms. The molecule has 2 nitrogen and oxygen atoms in total. The molecule has 0 amide bonds. The van der Waals surface area contributed by atoms with Gasteiger partial charge >= 0.3 is 0 Å². The summed E-state index contributed by atoms with van der Waals surface area (Å²) in [4.78, 5) is 0. The van der Waals surface area contributed by atoms with Gasteiger partial charge in [-0.05, 0) is 66.8 Å². The fourth-order valence-corrected chi connectivity index (χ4v) is 8.09. The predicted octanol–water partition coefficient (Wildman–Crippen LogP) is 15.0. The van der Waals surface area contributed by atoms with E-state index in [1.54, 1.807) is 0 Å². The molecule has 276 valence electrons. The van der Waals surface area contributed by atoms with Gasteiger partial charge in [0.15, 0.2) is 0 Å². The van der Waals surface area contributed by atoms with Crippen LogP contribution in [0.2, 0.25) is 0 Å². The third-order valence-corrected chi connectivity index (χ3v) is 11.9. The van der Waals surface area contributed by atoms with E-state index in [2.05, 4.69) is 55.4 Å². The van der Waals surface area contributed by atoms with E-state index >= 15 is 0 Å². The van der Waals surface area contributed by atoms with Gasteiger partial charge in [0.05, 0.1) is 0 Å². The smallest absolute Gasteiger partial charge is 0.127 e. The third kappa shape index (κ3) is 16.8. The van der Waals surface area contributed by atoms with E-state index in [-0.39, 0.29) is 0 Å². The van der Waals surface area contributed by atoms with E-state index in [0.29, 0.717) is 17.4 Å². The second-order valence-electron chi connectivity index (χ2n) is 17.5. The van der Waals surface area contributed by atoms with Crippen LogP contribution in [0.4, 0.5) is 0 Å². The molecule has 0 saturated carbocycles. The zero-order valence-electron chi connectivity index (χ0n) is 33.4. The van der Waals surface area contributed by atoms with Gasteiger partial charge in [0.25, 0.3) is 0 Å². The first-order valence-electron chi connectivity index (χ1n) is 20.8. The number of hydrogen-bond donors (Lipinski definition) is 2. The Morgan fingerprint density at radius 3 is 1.04 bits per heavy atom. The fourth-order valence-electron chi connectivity index (χ4n) is 8.09. The molecule has 0 unspecified atom stereocenters. The van der Waals surface area contributed by atoms with Crippen molar-refractivity contribution >= 4 is 10.8 Å². The van der Waals surface area contributed by atoms with Crippen molar-refractivity contribution < 1.29 is 10.2 Å². The average Bonchev–Trinajstić information content (AvgIpc) is 3.03. The Hall–Kier alpha value is -1.70. The largest absolute Gasteiger partial charge is 0.507 e. The molecule has 2 heteroatoms. The van der Waals surface area contributed by atoms with E-state index in [0.717, 1.165) is 70.2 Å². The summed E-state index contributed by atoms with van der Waals surface area (Å²) in [5.41, 5.74) is 1.74. The SMILES string of the molecule is Cc1c(CC[C@@H](C)CCC[C@H](C)CCC[C@H](C)CCC[C@H](C)CCC[C@H](C)CCC[C@@H](C)CCCC(C)C)c(O)c2ccccc2c1O. The quantitative estimate of drug-likeness (QED) is 0.0933. The van der Waals surface area contributed by atoms with Gasteiger partial charge in [0, 0.05) is 16.3 Å². The Bertz CT molecular complexity index is 1120. The molecule has 2 rings (SSSR count). The van der Waals surface area contributed by atoms with Gasteiger partial charge in [-0.25, -0.2) is 0 Å². The van der Waals surface area contributed by atoms with E-state index in [9.17, 15) is 10.2 Å². The van der Waals surface area contributed by atoms with Crippen LogP contribution in [0.5, 0.6) is 11.5 Å². The standard InChI is InChI=1S/C46H80O2/c1-34(2)18-12-19-35(3)20-13-21-36(4)22-14-23-37(5)24-15-25-38(6)26-16-27-39(7)28-17-29-40(8)32-33-42-41(9)45(47)43-30-10-11-31-44(43)46(42)48/h10-11,30-31,34-40,47-48H,12-29,32-33H2,1-9H3/t35-,36+,37+,38+,39+,40-/m0/s1. The summed E-state index contributed by atoms with van der Waals surface area (Å²) >= 11 is 0. The monoisotopic (exact) mass is 665 g/mol. The van der Waals surface area contributed by atoms with Gasteiger partial charge in [-0.1, -0.05) is 195 Å². The van der Waals surface area contributed by atoms with Gasteiger partial charge in [0.1, 0.15) is 11.5 Å². The van der Waals surface area contributed by atoms with Gasteiger partial charge in [-0.3, -0.25) is 0 Å². The van der Waals surface area contributed by atoms with Gasteiger partial charge < -0.3 is 10.2 Å². The Kier molecular flexibility index (Phi) is 20.9. The second kappa shape index (κ2) is 23.7. The first kappa shape index (κ1) is 42.5. The number of phenolic OH excluding ortho intramolecular Hbond substituents is 2. The van der Waals surface area contributed by atoms with Crippen molar-refractivity contribution in [2.24, 2.45) is 41.4 Å². The molecule has 0 bridgehead atoms. The molecule has 0 radical (unpaired) electrons. The lowest BCUT2D eigenvalue weighted by Gasteiger charge is -2.18. The topological polar surface area (TPSA) is 40.5 Å². The number of benzene rings is 2. The fraction of sp³-hybridized carbons (Fsp3) is 0.783. The number of hydrogen-bond acceptors (Lipinski definition) is 2. The van der Waals surface area contributed by atoms with Crippen LogP contribution in [0.25, 0.3) is 10.8 Å². The molecule has 0 spiro atoms. The van der Waals surface area contributed by atoms with Crippen LogP contribution >= 0.6 is 0 Å². The van der Waals surface area contributed by atoms with E-state index in [1.807, 2.05) is 31.2 Å². The Morgan fingerprint density at radius 2 is 0.708 bits per heavy atom. The Morgan fingerprint density at radius 1 is 0.417 bits per heavy atom. The highest BCUT2D eigenvalue weighted by atomic mass is 16.3. The molecule has 0 saturated heterocycles. The molecule has 0 aliphatic heterocycles. The number of phenols is 2. The molecule has 0 aliphatic carbocycles. The van der Waals surface area contributed by atoms with Crippen LogP contribution in [-0.2, 0) is 6.42 Å². The zero-order chi connectivity index (χ0) is 35.5. The van der Waals surface area contributed by atoms with Crippen LogP contribution in [0.15, 0.2) is 24.3 Å². The van der Waals surface area contributed by atoms with Crippen molar-refractivity contribution in [3.8, 4) is 11.5 Å². The highest BCUT2D eigenvalue weighted by Gasteiger charge is 2.17. The van der Waals surface area contributed by atoms with Crippen LogP contribution in [-0.4, -0.2) is 10.2 Å². The summed E-state index contributed by atoms with van der Waals surface area (Å²) in [6.07, 6.45) is 27.0. The molecule has 2 aromatic rings. The maximum absolute atomic E-state index is 10.9. The summed E-state index contributed by atoms with van der Waals surface area (Å²) in [7, 11) is 0. The zero-order valence-corrected chi connectivity index (χ0v) is 33.4. The van der Waals surface area contributed by atoms with E-state index in [1.165, 1.54) is 116 Å². The Balaban J connectivity index is 1.48. The molecule has 0 aromatic heterocycles. The highest BCUT2D eigenvalue weighted by molar-refractivity contribution is 5.95. The summed E-state index contributed by atoms with van der Waals surface area (Å²) in [5, 5.41) is 23.1. The molecule has 0 heterocycles. The van der Waals surface area contributed by atoms with Crippen molar-refractivity contribution in [2.75, 3.05) is 0 Å². The number of fused-ring (bicyclic) bond motifs is 1. The molecule has 2 aromatic carbocycles. The normalized spacial score (nSPS) is 15.9. The summed E-state index contributed by atoms with van der Waals surface area (Å²) in [6.45, 7) is 21.4. The van der Waals surface area contributed by atoms with Gasteiger partial charge in [0.2, 0.25) is 0 Å². The number of rotatable bonds is 27. The summed E-state index contributed by atoms with van der Waals surface area (Å²) in [5.74, 6) is 6.55. The van der Waals surface area contributed by atoms with E-state index in [4.69, 9.17) is 0 Å². The maximum Gasteiger partial charge on any atom is 0.127 e. The maximum atomic E-state index is 10.9. The van der Waals surface area contributed by atoms with Crippen molar-refractivity contribution in [1.29, 1.82) is 0 Å². The highest BCUT2D eigenvalue weighted by Crippen LogP contribution is 2.40. The molecule has 2 N–H and O–H groups in total. The van der Waals surface area contributed by atoms with Crippen LogP contribution in [0.1, 0.15) is 189 Å². The minimum absolute atomic E-state index is 0.317. The third-order valence-electron chi connectivity index (χ3n) is 11.9. The lowest BCUT2D eigenvalue weighted by atomic mass is 9.88. The molecule has 0 fully saturated rings. The van der Waals surface area contributed by atoms with Crippen molar-refractivity contribution in [3.63, 3.8) is 0 Å². The number of aromatic hydroxyl groups is 2. The first-order chi connectivity index (χ1) is 22.9. The van der Waals surface area contributed by atoms with Crippen molar-refractivity contribution in [3.05, 3.63) is 35.4 Å². The van der Waals surface area contributed by atoms with Gasteiger partial charge in [-0.2, -0.15) is 0 Å². The van der Waals surface area contributed by atoms with Crippen LogP contribution in [0.3, 0.4) is 0 Å². The summed E-state index contributed by atoms with van der Waals surface area (Å²) in [6, 6.07) is 7.62. The van der Waals surface area contributed by atoms with Crippen LogP contribution < -0.4 is 0 Å². The van der Waals surface area contributed by atoms with Crippen molar-refractivity contribution in [2.45, 2.75) is 191 Å². The molecule has 0 aliphatic rings. The van der Waals surface area contributed by atoms with Crippen molar-refractivity contribution in [1.82, 2.24) is 0 Å². The molecule has 6 atom stereocenters. The average molecular weight is 665 g/mol. The predicted molar refractivity (Wildman–Crippen MR) is 213 cm³/mol. The minimum Gasteiger partial charge on any atom is -0.507 e. The second-order valence-corrected chi connectivity index (χ2v) is 17.5. The summed E-state index contributed by atoms with van der Waals surface area (Å²) < 4.78 is 0. The Labute approximate surface area is 299 Å². The molecular formula is C46H80O2. The lowest BCUT2D eigenvalue weighted by Crippen LogP contribution is -2.03. The molecular weight excluding hydrogens is 585 g/mol. The van der Waals surface area contributed by atoms with Crippen LogP contribution in [0, 0.1) is 48.3 Å². The lowest BCUT2D eigenvalue weighted by molar-refractivity contribution is 0.356. The first-order valence-corrected chi connectivity index (χ1v) is 20.8. The van der Waals surface area contributed by atoms with E-state index < -0.39 is 0 Å². The minimum atomic E-state index is 0.317. The van der Waals surface area contributed by atoms with Gasteiger partial charge in [-0.15, -0.1) is 0 Å².